The molecule has 2 heterocycles. The normalized spacial score (nSPS) is 11.0. The van der Waals surface area contributed by atoms with E-state index in [-0.39, 0.29) is 64.3 Å². The third-order valence-corrected chi connectivity index (χ3v) is 10.9. The van der Waals surface area contributed by atoms with E-state index in [1.165, 1.54) is 72.9 Å². The Hall–Kier alpha value is -7.44. The second kappa shape index (κ2) is 22.1. The predicted molar refractivity (Wildman–Crippen MR) is 223 cm³/mol. The second-order valence-corrected chi connectivity index (χ2v) is 17.4. The summed E-state index contributed by atoms with van der Waals surface area (Å²) in [6.07, 6.45) is 1.27. The average Bonchev–Trinajstić information content (AvgIpc) is 3.24. The van der Waals surface area contributed by atoms with Crippen molar-refractivity contribution in [3.63, 3.8) is 0 Å². The predicted octanol–water partition coefficient (Wildman–Crippen LogP) is 0.114. The molecule has 0 bridgehead atoms. The molecule has 0 saturated carbocycles. The fourth-order valence-corrected chi connectivity index (χ4v) is 7.37. The van der Waals surface area contributed by atoms with Crippen LogP contribution in [0.2, 0.25) is 0 Å². The molecule has 2 aromatic heterocycles. The molecule has 4 rings (SSSR count). The fourth-order valence-electron chi connectivity index (χ4n) is 4.66. The Morgan fingerprint density at radius 1 is 0.641 bits per heavy atom. The maximum atomic E-state index is 12.9. The van der Waals surface area contributed by atoms with E-state index < -0.39 is 63.8 Å². The number of hydrogen-bond acceptors (Lipinski definition) is 20. The lowest BCUT2D eigenvalue weighted by atomic mass is 10.1. The zero-order valence-electron chi connectivity index (χ0n) is 34.9. The lowest BCUT2D eigenvalue weighted by Gasteiger charge is -2.16. The largest absolute Gasteiger partial charge is 0.481 e. The number of carbonyl (C=O) groups is 5. The Bertz CT molecular complexity index is 2690. The highest BCUT2D eigenvalue weighted by Gasteiger charge is 2.28. The number of ether oxygens (including phenoxy) is 5. The van der Waals surface area contributed by atoms with Crippen LogP contribution in [0.5, 0.6) is 23.5 Å². The number of esters is 1. The van der Waals surface area contributed by atoms with E-state index in [1.807, 2.05) is 0 Å². The number of amides is 6. The van der Waals surface area contributed by atoms with Gasteiger partial charge in [-0.3, -0.25) is 20.2 Å². The van der Waals surface area contributed by atoms with Crippen LogP contribution in [0.25, 0.3) is 0 Å². The van der Waals surface area contributed by atoms with Crippen LogP contribution < -0.4 is 49.1 Å². The number of sulfonamides is 3. The van der Waals surface area contributed by atoms with Gasteiger partial charge >= 0.3 is 18.0 Å². The molecule has 0 radical (unpaired) electrons. The molecule has 30 heteroatoms. The van der Waals surface area contributed by atoms with Gasteiger partial charge in [0.25, 0.3) is 26.0 Å². The molecule has 0 aliphatic heterocycles. The van der Waals surface area contributed by atoms with Gasteiger partial charge in [0.15, 0.2) is 0 Å². The first kappa shape index (κ1) is 50.9. The lowest BCUT2D eigenvalue weighted by molar-refractivity contribution is -0.105. The summed E-state index contributed by atoms with van der Waals surface area (Å²) in [5.74, 6) is -2.01. The van der Waals surface area contributed by atoms with Gasteiger partial charge in [-0.15, -0.1) is 0 Å². The fraction of sp³-hybridized carbons (Fsp3) is 0.265. The number of anilines is 3. The molecule has 0 atom stereocenters. The Labute approximate surface area is 365 Å². The summed E-state index contributed by atoms with van der Waals surface area (Å²) in [7, 11) is -3.53. The monoisotopic (exact) mass is 955 g/mol. The Morgan fingerprint density at radius 2 is 1.08 bits per heavy atom. The number of urea groups is 2. The van der Waals surface area contributed by atoms with Gasteiger partial charge < -0.3 is 33.9 Å². The van der Waals surface area contributed by atoms with E-state index in [1.54, 1.807) is 9.44 Å². The zero-order valence-corrected chi connectivity index (χ0v) is 37.3. The van der Waals surface area contributed by atoms with Crippen molar-refractivity contribution in [3.05, 3.63) is 65.2 Å². The number of benzene rings is 2. The first-order valence-electron chi connectivity index (χ1n) is 17.3. The Balaban J connectivity index is 0.000000341. The topological polar surface area (TPSA) is 361 Å². The first-order valence-corrected chi connectivity index (χ1v) is 22.2. The third kappa shape index (κ3) is 14.6. The SMILES string of the molecule is COC(=O)c1ccc(CNS(C)(=O)=O)cc1S(=O)(=O)NC(=O)Nc1nc(OC)cc(OC)n1.COc1cc(OC)nc(NC(=O)NS(=O)(=O)c2cc(NC=O)ccc2C(=O)N(C)C)n1. The van der Waals surface area contributed by atoms with Crippen LogP contribution >= 0.6 is 0 Å². The molecular formula is C34H41N11O16S3. The second-order valence-electron chi connectivity index (χ2n) is 12.3. The molecule has 27 nitrogen and oxygen atoms in total. The zero-order chi connectivity index (χ0) is 48.0. The summed E-state index contributed by atoms with van der Waals surface area (Å²) < 4.78 is 104. The average molecular weight is 956 g/mol. The van der Waals surface area contributed by atoms with Gasteiger partial charge in [0.1, 0.15) is 9.79 Å². The van der Waals surface area contributed by atoms with Crippen molar-refractivity contribution in [1.29, 1.82) is 0 Å². The summed E-state index contributed by atoms with van der Waals surface area (Å²) in [6.45, 7) is -0.257. The smallest absolute Gasteiger partial charge is 0.339 e. The van der Waals surface area contributed by atoms with Crippen LogP contribution in [0.1, 0.15) is 26.3 Å². The standard InChI is InChI=1S/C17H20N6O7S.C17H21N5O9S2/c1-23(2)15(25)11-6-5-10(18-9-24)7-12(11)31(27,28)22-17(26)21-16-19-13(29-3)8-14(20-16)30-4;1-29-13-8-14(30-2)20-16(19-13)21-17(24)22-33(27,28)12-7-10(9-18-32(4,25)26)5-6-11(12)15(23)31-3/h5-9H,1-4H3,(H,18,24)(H2,19,20,21,22,26);5-8,18H,9H2,1-4H3,(H2,19,20,21,22,24). The summed E-state index contributed by atoms with van der Waals surface area (Å²) in [4.78, 5) is 75.2. The molecule has 0 spiro atoms. The van der Waals surface area contributed by atoms with Crippen molar-refractivity contribution in [3.8, 4) is 23.5 Å². The van der Waals surface area contributed by atoms with Gasteiger partial charge in [-0.25, -0.2) is 53.8 Å². The van der Waals surface area contributed by atoms with Gasteiger partial charge in [0.05, 0.1) is 65.1 Å². The summed E-state index contributed by atoms with van der Waals surface area (Å²) in [6, 6.07) is 7.35. The van der Waals surface area contributed by atoms with E-state index in [0.717, 1.165) is 36.5 Å². The van der Waals surface area contributed by atoms with E-state index >= 15 is 0 Å². The highest BCUT2D eigenvalue weighted by molar-refractivity contribution is 7.90. The van der Waals surface area contributed by atoms with Crippen LogP contribution in [0.3, 0.4) is 0 Å². The number of methoxy groups -OCH3 is 5. The Kier molecular flexibility index (Phi) is 17.6. The molecule has 0 aliphatic rings. The van der Waals surface area contributed by atoms with Gasteiger partial charge in [0.2, 0.25) is 51.9 Å². The third-order valence-electron chi connectivity index (χ3n) is 7.51. The number of nitrogens with one attached hydrogen (secondary N) is 6. The molecule has 4 aromatic rings. The minimum atomic E-state index is -4.63. The molecule has 2 aromatic carbocycles. The van der Waals surface area contributed by atoms with Gasteiger partial charge in [-0.1, -0.05) is 6.07 Å². The van der Waals surface area contributed by atoms with Crippen LogP contribution in [-0.4, -0.2) is 136 Å². The lowest BCUT2D eigenvalue weighted by Crippen LogP contribution is -2.36. The molecule has 6 amide bonds. The summed E-state index contributed by atoms with van der Waals surface area (Å²) in [5, 5.41) is 6.56. The summed E-state index contributed by atoms with van der Waals surface area (Å²) >= 11 is 0. The van der Waals surface area contributed by atoms with Crippen LogP contribution in [-0.2, 0) is 46.1 Å². The van der Waals surface area contributed by atoms with Crippen LogP contribution in [0, 0.1) is 0 Å². The van der Waals surface area contributed by atoms with Gasteiger partial charge in [-0.05, 0) is 35.9 Å². The molecule has 64 heavy (non-hydrogen) atoms. The molecule has 0 unspecified atom stereocenters. The quantitative estimate of drug-likeness (QED) is 0.0604. The number of nitrogens with zero attached hydrogens (tertiary/aromatic N) is 5. The molecule has 0 aliphatic carbocycles. The van der Waals surface area contributed by atoms with Crippen LogP contribution in [0.15, 0.2) is 58.3 Å². The highest BCUT2D eigenvalue weighted by atomic mass is 32.2. The number of aromatic nitrogens is 4. The van der Waals surface area contributed by atoms with Crippen molar-refractivity contribution < 1.29 is 72.9 Å². The van der Waals surface area contributed by atoms with Crippen molar-refractivity contribution in [2.24, 2.45) is 0 Å². The van der Waals surface area contributed by atoms with Crippen molar-refractivity contribution in [2.75, 3.05) is 71.9 Å². The maximum Gasteiger partial charge on any atom is 0.339 e. The van der Waals surface area contributed by atoms with E-state index in [0.29, 0.717) is 6.41 Å². The molecule has 0 saturated heterocycles. The van der Waals surface area contributed by atoms with Crippen molar-refractivity contribution in [2.45, 2.75) is 16.3 Å². The minimum Gasteiger partial charge on any atom is -0.481 e. The van der Waals surface area contributed by atoms with Gasteiger partial charge in [-0.2, -0.15) is 19.9 Å². The highest BCUT2D eigenvalue weighted by Crippen LogP contribution is 2.24. The number of rotatable bonds is 17. The molecule has 0 fully saturated rings. The number of carbonyl (C=O) groups excluding carboxylic acids is 5. The van der Waals surface area contributed by atoms with E-state index in [9.17, 15) is 49.2 Å². The molecular weight excluding hydrogens is 915 g/mol. The van der Waals surface area contributed by atoms with Gasteiger partial charge in [0, 0.05) is 26.3 Å². The molecule has 346 valence electrons. The van der Waals surface area contributed by atoms with E-state index in [2.05, 4.69) is 45.3 Å². The van der Waals surface area contributed by atoms with E-state index in [4.69, 9.17) is 18.9 Å². The van der Waals surface area contributed by atoms with Crippen LogP contribution in [0.4, 0.5) is 27.2 Å². The maximum absolute atomic E-state index is 12.9. The Morgan fingerprint density at radius 3 is 1.47 bits per heavy atom. The summed E-state index contributed by atoms with van der Waals surface area (Å²) in [5.41, 5.74) is -0.275. The molecule has 6 N–H and O–H groups in total. The van der Waals surface area contributed by atoms with Crippen molar-refractivity contribution in [1.82, 2.24) is 39.0 Å². The first-order chi connectivity index (χ1) is 30.0. The van der Waals surface area contributed by atoms with Crippen molar-refractivity contribution >= 4 is 78.0 Å². The number of hydrogen-bond donors (Lipinski definition) is 6. The minimum absolute atomic E-state index is 0.0408.